The fraction of sp³-hybridized carbons (Fsp3) is 0.200. The summed E-state index contributed by atoms with van der Waals surface area (Å²) in [5, 5.41) is 6.94. The summed E-state index contributed by atoms with van der Waals surface area (Å²) in [5.41, 5.74) is 1.04. The number of nitrogens with zero attached hydrogens (tertiary/aromatic N) is 2. The predicted octanol–water partition coefficient (Wildman–Crippen LogP) is 3.11. The summed E-state index contributed by atoms with van der Waals surface area (Å²) in [5.74, 6) is 0.810. The Morgan fingerprint density at radius 3 is 2.93 bits per heavy atom. The molecule has 0 amide bonds. The van der Waals surface area contributed by atoms with Crippen LogP contribution in [0, 0.1) is 6.92 Å². The van der Waals surface area contributed by atoms with E-state index in [1.165, 1.54) is 0 Å². The molecule has 1 N–H and O–H groups in total. The summed E-state index contributed by atoms with van der Waals surface area (Å²) < 4.78 is 0. The smallest absolute Gasteiger partial charge is 0.126 e. The van der Waals surface area contributed by atoms with Gasteiger partial charge in [0.15, 0.2) is 0 Å². The second-order valence-electron chi connectivity index (χ2n) is 3.07. The lowest BCUT2D eigenvalue weighted by Gasteiger charge is -2.02. The van der Waals surface area contributed by atoms with Crippen LogP contribution in [0.4, 0.5) is 5.82 Å². The molecule has 0 aliphatic carbocycles. The number of anilines is 1. The van der Waals surface area contributed by atoms with Gasteiger partial charge in [-0.3, -0.25) is 0 Å². The standard InChI is InChI=1S/C10H10ClN3S/c1-7-14-9(6-15-7)5-13-10-3-2-8(11)4-12-10/h2-4,6H,5H2,1H3,(H,12,13). The van der Waals surface area contributed by atoms with Gasteiger partial charge in [0.1, 0.15) is 5.82 Å². The Morgan fingerprint density at radius 2 is 2.33 bits per heavy atom. The maximum absolute atomic E-state index is 5.73. The Hall–Kier alpha value is -1.13. The van der Waals surface area contributed by atoms with Crippen molar-refractivity contribution in [3.8, 4) is 0 Å². The van der Waals surface area contributed by atoms with Crippen molar-refractivity contribution in [2.45, 2.75) is 13.5 Å². The molecule has 15 heavy (non-hydrogen) atoms. The molecular weight excluding hydrogens is 230 g/mol. The number of aromatic nitrogens is 2. The van der Waals surface area contributed by atoms with E-state index in [9.17, 15) is 0 Å². The van der Waals surface area contributed by atoms with E-state index in [0.29, 0.717) is 11.6 Å². The second-order valence-corrected chi connectivity index (χ2v) is 4.57. The molecule has 2 aromatic heterocycles. The van der Waals surface area contributed by atoms with Crippen molar-refractivity contribution in [2.24, 2.45) is 0 Å². The van der Waals surface area contributed by atoms with Crippen LogP contribution in [0.5, 0.6) is 0 Å². The fourth-order valence-corrected chi connectivity index (χ4v) is 1.88. The molecule has 0 fully saturated rings. The largest absolute Gasteiger partial charge is 0.364 e. The molecule has 0 radical (unpaired) electrons. The first-order valence-electron chi connectivity index (χ1n) is 4.50. The first kappa shape index (κ1) is 10.4. The topological polar surface area (TPSA) is 37.8 Å². The normalized spacial score (nSPS) is 10.3. The first-order valence-corrected chi connectivity index (χ1v) is 5.76. The highest BCUT2D eigenvalue weighted by Crippen LogP contribution is 2.12. The number of pyridine rings is 1. The summed E-state index contributed by atoms with van der Waals surface area (Å²) in [6.45, 7) is 2.69. The highest BCUT2D eigenvalue weighted by Gasteiger charge is 1.98. The third kappa shape index (κ3) is 2.91. The minimum atomic E-state index is 0.644. The fourth-order valence-electron chi connectivity index (χ4n) is 1.15. The molecule has 3 nitrogen and oxygen atoms in total. The summed E-state index contributed by atoms with van der Waals surface area (Å²) in [4.78, 5) is 8.48. The maximum Gasteiger partial charge on any atom is 0.126 e. The molecule has 5 heteroatoms. The average Bonchev–Trinajstić information content (AvgIpc) is 2.64. The quantitative estimate of drug-likeness (QED) is 0.895. The number of thiazole rings is 1. The van der Waals surface area contributed by atoms with E-state index < -0.39 is 0 Å². The molecule has 0 bridgehead atoms. The molecule has 0 spiro atoms. The lowest BCUT2D eigenvalue weighted by atomic mass is 10.4. The molecule has 2 rings (SSSR count). The Balaban J connectivity index is 1.96. The molecule has 0 aliphatic rings. The molecule has 0 saturated carbocycles. The summed E-state index contributed by atoms with van der Waals surface area (Å²) >= 11 is 7.38. The van der Waals surface area contributed by atoms with Gasteiger partial charge in [-0.15, -0.1) is 11.3 Å². The number of halogens is 1. The van der Waals surface area contributed by atoms with Gasteiger partial charge in [-0.2, -0.15) is 0 Å². The van der Waals surface area contributed by atoms with Crippen molar-refractivity contribution in [3.05, 3.63) is 39.4 Å². The highest BCUT2D eigenvalue weighted by molar-refractivity contribution is 7.09. The van der Waals surface area contributed by atoms with Gasteiger partial charge in [0.05, 0.1) is 22.3 Å². The molecule has 2 heterocycles. The maximum atomic E-state index is 5.73. The first-order chi connectivity index (χ1) is 7.24. The van der Waals surface area contributed by atoms with Gasteiger partial charge in [-0.1, -0.05) is 11.6 Å². The van der Waals surface area contributed by atoms with Gasteiger partial charge in [-0.05, 0) is 19.1 Å². The van der Waals surface area contributed by atoms with Crippen molar-refractivity contribution in [2.75, 3.05) is 5.32 Å². The number of hydrogen-bond acceptors (Lipinski definition) is 4. The molecule has 0 saturated heterocycles. The van der Waals surface area contributed by atoms with E-state index in [2.05, 4.69) is 15.3 Å². The van der Waals surface area contributed by atoms with Crippen molar-refractivity contribution >= 4 is 28.8 Å². The monoisotopic (exact) mass is 239 g/mol. The SMILES string of the molecule is Cc1nc(CNc2ccc(Cl)cn2)cs1. The van der Waals surface area contributed by atoms with Crippen molar-refractivity contribution in [1.29, 1.82) is 0 Å². The zero-order valence-corrected chi connectivity index (χ0v) is 9.77. The Morgan fingerprint density at radius 1 is 1.47 bits per heavy atom. The van der Waals surface area contributed by atoms with E-state index >= 15 is 0 Å². The van der Waals surface area contributed by atoms with Crippen LogP contribution in [-0.4, -0.2) is 9.97 Å². The minimum Gasteiger partial charge on any atom is -0.364 e. The number of aryl methyl sites for hydroxylation is 1. The van der Waals surface area contributed by atoms with Crippen LogP contribution in [0.1, 0.15) is 10.7 Å². The zero-order valence-electron chi connectivity index (χ0n) is 8.20. The second kappa shape index (κ2) is 4.59. The lowest BCUT2D eigenvalue weighted by molar-refractivity contribution is 1.04. The zero-order chi connectivity index (χ0) is 10.7. The van der Waals surface area contributed by atoms with Gasteiger partial charge in [0, 0.05) is 11.6 Å². The predicted molar refractivity (Wildman–Crippen MR) is 63.4 cm³/mol. The van der Waals surface area contributed by atoms with Gasteiger partial charge in [-0.25, -0.2) is 9.97 Å². The summed E-state index contributed by atoms with van der Waals surface area (Å²) in [6.07, 6.45) is 1.62. The van der Waals surface area contributed by atoms with Gasteiger partial charge >= 0.3 is 0 Å². The average molecular weight is 240 g/mol. The number of hydrogen-bond donors (Lipinski definition) is 1. The van der Waals surface area contributed by atoms with Crippen LogP contribution in [0.2, 0.25) is 5.02 Å². The van der Waals surface area contributed by atoms with Crippen LogP contribution >= 0.6 is 22.9 Å². The Labute approximate surface area is 97.2 Å². The van der Waals surface area contributed by atoms with E-state index in [0.717, 1.165) is 16.5 Å². The van der Waals surface area contributed by atoms with Crippen LogP contribution in [0.3, 0.4) is 0 Å². The molecule has 0 unspecified atom stereocenters. The third-order valence-electron chi connectivity index (χ3n) is 1.84. The lowest BCUT2D eigenvalue weighted by Crippen LogP contribution is -2.01. The van der Waals surface area contributed by atoms with Crippen LogP contribution in [0.25, 0.3) is 0 Å². The molecule has 0 aromatic carbocycles. The van der Waals surface area contributed by atoms with Crippen molar-refractivity contribution < 1.29 is 0 Å². The number of nitrogens with one attached hydrogen (secondary N) is 1. The van der Waals surface area contributed by atoms with E-state index in [4.69, 9.17) is 11.6 Å². The minimum absolute atomic E-state index is 0.644. The molecular formula is C10H10ClN3S. The van der Waals surface area contributed by atoms with Gasteiger partial charge in [0.2, 0.25) is 0 Å². The molecule has 78 valence electrons. The highest BCUT2D eigenvalue weighted by atomic mass is 35.5. The molecule has 2 aromatic rings. The Bertz CT molecular complexity index is 438. The summed E-state index contributed by atoms with van der Waals surface area (Å²) in [7, 11) is 0. The van der Waals surface area contributed by atoms with E-state index in [1.54, 1.807) is 17.5 Å². The molecule has 0 atom stereocenters. The summed E-state index contributed by atoms with van der Waals surface area (Å²) in [6, 6.07) is 3.66. The van der Waals surface area contributed by atoms with Crippen molar-refractivity contribution in [3.63, 3.8) is 0 Å². The number of rotatable bonds is 3. The van der Waals surface area contributed by atoms with Gasteiger partial charge in [0.25, 0.3) is 0 Å². The van der Waals surface area contributed by atoms with Crippen molar-refractivity contribution in [1.82, 2.24) is 9.97 Å². The van der Waals surface area contributed by atoms with Crippen LogP contribution in [-0.2, 0) is 6.54 Å². The van der Waals surface area contributed by atoms with Gasteiger partial charge < -0.3 is 5.32 Å². The molecule has 0 aliphatic heterocycles. The van der Waals surface area contributed by atoms with Crippen LogP contribution < -0.4 is 5.32 Å². The van der Waals surface area contributed by atoms with Crippen LogP contribution in [0.15, 0.2) is 23.7 Å². The van der Waals surface area contributed by atoms with E-state index in [-0.39, 0.29) is 0 Å². The van der Waals surface area contributed by atoms with E-state index in [1.807, 2.05) is 24.4 Å². The third-order valence-corrected chi connectivity index (χ3v) is 2.89. The Kier molecular flexibility index (Phi) is 3.18.